The van der Waals surface area contributed by atoms with Gasteiger partial charge in [0.25, 0.3) is 0 Å². The molecule has 0 spiro atoms. The second kappa shape index (κ2) is 5.52. The number of aromatic amines is 2. The van der Waals surface area contributed by atoms with E-state index in [1.807, 2.05) is 0 Å². The minimum atomic E-state index is -3.58. The molecule has 0 unspecified atom stereocenters. The van der Waals surface area contributed by atoms with Gasteiger partial charge in [0.05, 0.1) is 5.75 Å². The Morgan fingerprint density at radius 1 is 1.36 bits per heavy atom. The molecule has 5 N–H and O–H groups in total. The molecule has 8 nitrogen and oxygen atoms in total. The Balaban J connectivity index is 1.89. The second-order valence-corrected chi connectivity index (χ2v) is 6.60. The number of hydrogen-bond donors (Lipinski definition) is 3. The van der Waals surface area contributed by atoms with E-state index in [-0.39, 0.29) is 10.9 Å². The Bertz CT molecular complexity index is 940. The largest absolute Gasteiger partial charge is 0.310 e. The van der Waals surface area contributed by atoms with E-state index in [4.69, 9.17) is 16.7 Å². The first-order valence-electron chi connectivity index (χ1n) is 6.19. The van der Waals surface area contributed by atoms with E-state index in [0.29, 0.717) is 28.4 Å². The van der Waals surface area contributed by atoms with Gasteiger partial charge in [0.2, 0.25) is 15.5 Å². The molecule has 0 radical (unpaired) electrons. The number of aromatic nitrogens is 4. The molecule has 2 heterocycles. The standard InChI is InChI=1S/C12H11ClN6O2S/c13-10-9-11(16-6-15-9)19-12(18-10)17-8-3-1-2-7(4-8)5-22(14,20)21/h1-4,6H,5H2,(H2,14,20,21)(H2,15,16,17,18,19)/p+1. The summed E-state index contributed by atoms with van der Waals surface area (Å²) in [6.07, 6.45) is 1.60. The highest BCUT2D eigenvalue weighted by atomic mass is 35.5. The number of H-pyrrole nitrogens is 2. The molecule has 0 fully saturated rings. The number of nitrogens with zero attached hydrogens (tertiary/aromatic N) is 2. The minimum Gasteiger partial charge on any atom is -0.310 e. The van der Waals surface area contributed by atoms with Crippen molar-refractivity contribution in [3.05, 3.63) is 41.3 Å². The van der Waals surface area contributed by atoms with Crippen molar-refractivity contribution in [1.82, 2.24) is 15.0 Å². The van der Waals surface area contributed by atoms with Crippen molar-refractivity contribution < 1.29 is 13.4 Å². The number of imidazole rings is 1. The molecule has 1 aromatic carbocycles. The van der Waals surface area contributed by atoms with Crippen molar-refractivity contribution in [3.63, 3.8) is 0 Å². The molecule has 0 aliphatic heterocycles. The van der Waals surface area contributed by atoms with E-state index in [9.17, 15) is 8.42 Å². The number of rotatable bonds is 4. The normalized spacial score (nSPS) is 11.7. The lowest BCUT2D eigenvalue weighted by Crippen LogP contribution is -2.14. The number of hydrogen-bond acceptors (Lipinski definition) is 5. The highest BCUT2D eigenvalue weighted by molar-refractivity contribution is 7.88. The summed E-state index contributed by atoms with van der Waals surface area (Å²) < 4.78 is 22.3. The molecule has 0 aliphatic rings. The Labute approximate surface area is 130 Å². The zero-order valence-electron chi connectivity index (χ0n) is 11.2. The Morgan fingerprint density at radius 2 is 2.18 bits per heavy atom. The summed E-state index contributed by atoms with van der Waals surface area (Å²) in [5.41, 5.74) is 2.36. The van der Waals surface area contributed by atoms with Gasteiger partial charge in [-0.3, -0.25) is 4.98 Å². The summed E-state index contributed by atoms with van der Waals surface area (Å²) in [5, 5.41) is 8.29. The van der Waals surface area contributed by atoms with Crippen molar-refractivity contribution in [3.8, 4) is 0 Å². The predicted molar refractivity (Wildman–Crippen MR) is 82.0 cm³/mol. The maximum absolute atomic E-state index is 11.1. The fourth-order valence-corrected chi connectivity index (χ4v) is 2.87. The zero-order chi connectivity index (χ0) is 15.7. The van der Waals surface area contributed by atoms with Crippen molar-refractivity contribution in [2.45, 2.75) is 5.75 Å². The number of fused-ring (bicyclic) bond motifs is 1. The number of halogens is 1. The molecule has 0 atom stereocenters. The SMILES string of the molecule is NS(=O)(=O)Cc1cccc(Nc2nc(Cl)c3[nH]c[nH+]c3n2)c1. The van der Waals surface area contributed by atoms with Crippen LogP contribution in [-0.4, -0.2) is 23.4 Å². The smallest absolute Gasteiger partial charge is 0.306 e. The molecular formula is C12H12ClN6O2S+. The van der Waals surface area contributed by atoms with Gasteiger partial charge in [-0.25, -0.2) is 18.5 Å². The van der Waals surface area contributed by atoms with Crippen LogP contribution in [-0.2, 0) is 15.8 Å². The van der Waals surface area contributed by atoms with Crippen LogP contribution in [0.5, 0.6) is 0 Å². The van der Waals surface area contributed by atoms with Gasteiger partial charge in [-0.15, -0.1) is 0 Å². The third-order valence-corrected chi connectivity index (χ3v) is 3.85. The van der Waals surface area contributed by atoms with Crippen LogP contribution in [0.3, 0.4) is 0 Å². The van der Waals surface area contributed by atoms with Crippen LogP contribution in [0, 0.1) is 0 Å². The van der Waals surface area contributed by atoms with Gasteiger partial charge >= 0.3 is 11.6 Å². The van der Waals surface area contributed by atoms with Gasteiger partial charge in [-0.2, -0.15) is 4.98 Å². The molecule has 0 bridgehead atoms. The number of benzene rings is 1. The van der Waals surface area contributed by atoms with Gasteiger partial charge in [0.1, 0.15) is 0 Å². The van der Waals surface area contributed by atoms with Gasteiger partial charge in [0.15, 0.2) is 11.5 Å². The lowest BCUT2D eigenvalue weighted by atomic mass is 10.2. The average Bonchev–Trinajstić information content (AvgIpc) is 2.85. The first-order valence-corrected chi connectivity index (χ1v) is 8.29. The lowest BCUT2D eigenvalue weighted by Gasteiger charge is -2.05. The molecule has 0 saturated carbocycles. The van der Waals surface area contributed by atoms with Crippen LogP contribution >= 0.6 is 11.6 Å². The maximum Gasteiger partial charge on any atom is 0.306 e. The van der Waals surface area contributed by atoms with Gasteiger partial charge in [-0.1, -0.05) is 28.7 Å². The molecule has 0 saturated heterocycles. The summed E-state index contributed by atoms with van der Waals surface area (Å²) in [7, 11) is -3.58. The summed E-state index contributed by atoms with van der Waals surface area (Å²) in [6, 6.07) is 6.81. The van der Waals surface area contributed by atoms with Crippen LogP contribution < -0.4 is 15.4 Å². The number of primary sulfonamides is 1. The number of nitrogens with one attached hydrogen (secondary N) is 3. The van der Waals surface area contributed by atoms with Crippen molar-refractivity contribution in [1.29, 1.82) is 0 Å². The van der Waals surface area contributed by atoms with E-state index in [1.54, 1.807) is 30.6 Å². The molecule has 22 heavy (non-hydrogen) atoms. The number of nitrogens with two attached hydrogens (primary N) is 1. The quantitative estimate of drug-likeness (QED) is 0.610. The Morgan fingerprint density at radius 3 is 2.95 bits per heavy atom. The zero-order valence-corrected chi connectivity index (χ0v) is 12.7. The Kier molecular flexibility index (Phi) is 3.69. The number of anilines is 2. The summed E-state index contributed by atoms with van der Waals surface area (Å²) >= 11 is 6.05. The molecule has 3 rings (SSSR count). The molecule has 0 amide bonds. The fraction of sp³-hybridized carbons (Fsp3) is 0.0833. The molecule has 10 heteroatoms. The second-order valence-electron chi connectivity index (χ2n) is 4.63. The molecule has 114 valence electrons. The highest BCUT2D eigenvalue weighted by Gasteiger charge is 2.14. The first kappa shape index (κ1) is 14.7. The third kappa shape index (κ3) is 3.32. The van der Waals surface area contributed by atoms with Gasteiger partial charge < -0.3 is 5.32 Å². The minimum absolute atomic E-state index is 0.241. The summed E-state index contributed by atoms with van der Waals surface area (Å²) in [4.78, 5) is 14.2. The van der Waals surface area contributed by atoms with Crippen molar-refractivity contribution in [2.75, 3.05) is 5.32 Å². The average molecular weight is 340 g/mol. The highest BCUT2D eigenvalue weighted by Crippen LogP contribution is 2.20. The molecular weight excluding hydrogens is 328 g/mol. The third-order valence-electron chi connectivity index (χ3n) is 2.84. The van der Waals surface area contributed by atoms with Crippen molar-refractivity contribution >= 4 is 44.4 Å². The summed E-state index contributed by atoms with van der Waals surface area (Å²) in [6.45, 7) is 0. The van der Waals surface area contributed by atoms with E-state index in [2.05, 4.69) is 25.3 Å². The van der Waals surface area contributed by atoms with E-state index in [1.165, 1.54) is 0 Å². The van der Waals surface area contributed by atoms with Crippen LogP contribution in [0.4, 0.5) is 11.6 Å². The molecule has 0 aliphatic carbocycles. The molecule has 3 aromatic rings. The van der Waals surface area contributed by atoms with Crippen LogP contribution in [0.2, 0.25) is 5.15 Å². The van der Waals surface area contributed by atoms with Crippen LogP contribution in [0.15, 0.2) is 30.6 Å². The predicted octanol–water partition coefficient (Wildman–Crippen LogP) is 0.958. The van der Waals surface area contributed by atoms with E-state index in [0.717, 1.165) is 0 Å². The lowest BCUT2D eigenvalue weighted by molar-refractivity contribution is -0.347. The topological polar surface area (TPSA) is 128 Å². The maximum atomic E-state index is 11.1. The monoisotopic (exact) mass is 339 g/mol. The summed E-state index contributed by atoms with van der Waals surface area (Å²) in [5.74, 6) is 0.0514. The van der Waals surface area contributed by atoms with Gasteiger partial charge in [0, 0.05) is 5.69 Å². The molecule has 2 aromatic heterocycles. The van der Waals surface area contributed by atoms with E-state index < -0.39 is 10.0 Å². The first-order chi connectivity index (χ1) is 10.4. The Hall–Kier alpha value is -2.23. The van der Waals surface area contributed by atoms with Crippen LogP contribution in [0.1, 0.15) is 5.56 Å². The van der Waals surface area contributed by atoms with Crippen LogP contribution in [0.25, 0.3) is 11.2 Å². The fourth-order valence-electron chi connectivity index (χ4n) is 2.00. The van der Waals surface area contributed by atoms with Crippen molar-refractivity contribution in [2.24, 2.45) is 5.14 Å². The van der Waals surface area contributed by atoms with Gasteiger partial charge in [-0.05, 0) is 17.7 Å². The van der Waals surface area contributed by atoms with E-state index >= 15 is 0 Å². The number of sulfonamides is 1.